The zero-order chi connectivity index (χ0) is 10.1. The summed E-state index contributed by atoms with van der Waals surface area (Å²) in [5, 5.41) is 0. The van der Waals surface area contributed by atoms with Crippen molar-refractivity contribution in [2.75, 3.05) is 12.8 Å². The van der Waals surface area contributed by atoms with Gasteiger partial charge >= 0.3 is 29.6 Å². The van der Waals surface area contributed by atoms with Gasteiger partial charge in [0.25, 0.3) is 0 Å². The van der Waals surface area contributed by atoms with Crippen LogP contribution < -0.4 is 40.0 Å². The van der Waals surface area contributed by atoms with E-state index in [0.717, 1.165) is 12.1 Å². The van der Waals surface area contributed by atoms with Gasteiger partial charge in [-0.05, 0) is 18.2 Å². The van der Waals surface area contributed by atoms with Crippen LogP contribution in [0.5, 0.6) is 5.75 Å². The van der Waals surface area contributed by atoms with Crippen molar-refractivity contribution >= 4 is 15.8 Å². The standard InChI is InChI=1S/C7H9NO4S.Na/c1-12-7-3-2-5(4-6(7)8)13(9,10)11;/h2-4H,8H2,1H3,(H,9,10,11);/q;+1/p-1. The Morgan fingerprint density at radius 3 is 2.36 bits per heavy atom. The van der Waals surface area contributed by atoms with Gasteiger partial charge in [0.05, 0.1) is 17.7 Å². The maximum Gasteiger partial charge on any atom is 1.00 e. The fourth-order valence-electron chi connectivity index (χ4n) is 0.868. The number of hydrogen-bond acceptors (Lipinski definition) is 5. The van der Waals surface area contributed by atoms with E-state index < -0.39 is 10.1 Å². The van der Waals surface area contributed by atoms with Crippen LogP contribution in [-0.4, -0.2) is 20.1 Å². The van der Waals surface area contributed by atoms with E-state index in [-0.39, 0.29) is 40.1 Å². The molecule has 7 heteroatoms. The fourth-order valence-corrected chi connectivity index (χ4v) is 1.37. The fraction of sp³-hybridized carbons (Fsp3) is 0.143. The quantitative estimate of drug-likeness (QED) is 0.333. The van der Waals surface area contributed by atoms with Gasteiger partial charge in [-0.25, -0.2) is 8.42 Å². The molecule has 0 unspecified atom stereocenters. The van der Waals surface area contributed by atoms with Crippen molar-refractivity contribution < 1.29 is 47.3 Å². The minimum atomic E-state index is -4.44. The average molecular weight is 225 g/mol. The van der Waals surface area contributed by atoms with E-state index in [1.54, 1.807) is 0 Å². The first-order valence-electron chi connectivity index (χ1n) is 3.34. The molecule has 72 valence electrons. The van der Waals surface area contributed by atoms with E-state index >= 15 is 0 Å². The number of hydrogen-bond donors (Lipinski definition) is 1. The first-order chi connectivity index (χ1) is 5.95. The third-order valence-corrected chi connectivity index (χ3v) is 2.32. The van der Waals surface area contributed by atoms with Crippen LogP contribution in [0.3, 0.4) is 0 Å². The number of ether oxygens (including phenoxy) is 1. The van der Waals surface area contributed by atoms with E-state index in [9.17, 15) is 13.0 Å². The van der Waals surface area contributed by atoms with Crippen molar-refractivity contribution in [1.29, 1.82) is 0 Å². The van der Waals surface area contributed by atoms with Crippen molar-refractivity contribution in [2.45, 2.75) is 4.90 Å². The zero-order valence-electron chi connectivity index (χ0n) is 7.85. The minimum Gasteiger partial charge on any atom is -0.744 e. The molecule has 0 aromatic heterocycles. The van der Waals surface area contributed by atoms with Crippen molar-refractivity contribution in [2.24, 2.45) is 0 Å². The third kappa shape index (κ3) is 3.14. The van der Waals surface area contributed by atoms with Crippen molar-refractivity contribution in [3.8, 4) is 5.75 Å². The second-order valence-electron chi connectivity index (χ2n) is 2.36. The summed E-state index contributed by atoms with van der Waals surface area (Å²) in [6.07, 6.45) is 0. The van der Waals surface area contributed by atoms with Crippen molar-refractivity contribution in [1.82, 2.24) is 0 Å². The van der Waals surface area contributed by atoms with Crippen LogP contribution >= 0.6 is 0 Å². The van der Waals surface area contributed by atoms with Crippen LogP contribution in [0.15, 0.2) is 23.1 Å². The summed E-state index contributed by atoms with van der Waals surface area (Å²) in [5.41, 5.74) is 5.52. The van der Waals surface area contributed by atoms with Gasteiger partial charge in [-0.3, -0.25) is 0 Å². The molecule has 0 atom stereocenters. The number of methoxy groups -OCH3 is 1. The summed E-state index contributed by atoms with van der Waals surface area (Å²) >= 11 is 0. The van der Waals surface area contributed by atoms with Crippen molar-refractivity contribution in [3.05, 3.63) is 18.2 Å². The van der Waals surface area contributed by atoms with Gasteiger partial charge in [0, 0.05) is 0 Å². The molecule has 1 aromatic rings. The predicted molar refractivity (Wildman–Crippen MR) is 45.4 cm³/mol. The first kappa shape index (κ1) is 13.7. The molecular formula is C7H8NNaO4S. The Bertz CT molecular complexity index is 418. The molecule has 0 aliphatic rings. The number of benzene rings is 1. The SMILES string of the molecule is COc1ccc(S(=O)(=O)[O-])cc1N.[Na+]. The molecule has 0 heterocycles. The Kier molecular flexibility index (Phi) is 4.90. The Morgan fingerprint density at radius 2 is 2.00 bits per heavy atom. The minimum absolute atomic E-state index is 0. The van der Waals surface area contributed by atoms with Crippen LogP contribution in [0.25, 0.3) is 0 Å². The number of anilines is 1. The van der Waals surface area contributed by atoms with E-state index in [1.807, 2.05) is 0 Å². The number of nitrogens with two attached hydrogens (primary N) is 1. The monoisotopic (exact) mass is 225 g/mol. The summed E-state index contributed by atoms with van der Waals surface area (Å²) in [4.78, 5) is -0.356. The molecule has 0 saturated carbocycles. The van der Waals surface area contributed by atoms with Crippen LogP contribution in [0, 0.1) is 0 Å². The molecule has 5 nitrogen and oxygen atoms in total. The Labute approximate surface area is 104 Å². The Balaban J connectivity index is 0.00000169. The molecule has 0 fully saturated rings. The summed E-state index contributed by atoms with van der Waals surface area (Å²) in [6, 6.07) is 3.55. The molecule has 1 aromatic carbocycles. The summed E-state index contributed by atoms with van der Waals surface area (Å²) < 4.78 is 36.4. The van der Waals surface area contributed by atoms with Gasteiger partial charge in [-0.2, -0.15) is 0 Å². The zero-order valence-corrected chi connectivity index (χ0v) is 10.7. The average Bonchev–Trinajstić information content (AvgIpc) is 2.02. The largest absolute Gasteiger partial charge is 1.00 e. The van der Waals surface area contributed by atoms with Gasteiger partial charge in [-0.1, -0.05) is 0 Å². The van der Waals surface area contributed by atoms with Gasteiger partial charge < -0.3 is 15.0 Å². The molecule has 0 spiro atoms. The molecule has 1 rings (SSSR count). The van der Waals surface area contributed by atoms with Crippen LogP contribution in [-0.2, 0) is 10.1 Å². The molecule has 0 bridgehead atoms. The summed E-state index contributed by atoms with van der Waals surface area (Å²) in [7, 11) is -3.04. The number of rotatable bonds is 2. The van der Waals surface area contributed by atoms with Gasteiger partial charge in [-0.15, -0.1) is 0 Å². The smallest absolute Gasteiger partial charge is 0.744 e. The van der Waals surface area contributed by atoms with Gasteiger partial charge in [0.15, 0.2) is 0 Å². The molecule has 0 aliphatic carbocycles. The molecule has 0 saturated heterocycles. The number of nitrogen functional groups attached to an aromatic ring is 1. The van der Waals surface area contributed by atoms with E-state index in [1.165, 1.54) is 13.2 Å². The normalized spacial score (nSPS) is 10.4. The maximum atomic E-state index is 10.5. The molecule has 14 heavy (non-hydrogen) atoms. The van der Waals surface area contributed by atoms with E-state index in [4.69, 9.17) is 10.5 Å². The van der Waals surface area contributed by atoms with Gasteiger partial charge in [0.2, 0.25) is 0 Å². The van der Waals surface area contributed by atoms with E-state index in [0.29, 0.717) is 5.75 Å². The summed E-state index contributed by atoms with van der Waals surface area (Å²) in [5.74, 6) is 0.340. The molecular weight excluding hydrogens is 217 g/mol. The Morgan fingerprint density at radius 1 is 1.43 bits per heavy atom. The van der Waals surface area contributed by atoms with Crippen LogP contribution in [0.4, 0.5) is 5.69 Å². The van der Waals surface area contributed by atoms with Crippen LogP contribution in [0.2, 0.25) is 0 Å². The summed E-state index contributed by atoms with van der Waals surface area (Å²) in [6.45, 7) is 0. The van der Waals surface area contributed by atoms with Crippen LogP contribution in [0.1, 0.15) is 0 Å². The molecule has 2 N–H and O–H groups in total. The second-order valence-corrected chi connectivity index (χ2v) is 3.74. The third-order valence-electron chi connectivity index (χ3n) is 1.49. The second kappa shape index (κ2) is 4.99. The predicted octanol–water partition coefficient (Wildman–Crippen LogP) is -2.81. The molecule has 0 aliphatic heterocycles. The van der Waals surface area contributed by atoms with E-state index in [2.05, 4.69) is 0 Å². The molecule has 0 amide bonds. The Hall–Kier alpha value is -0.270. The first-order valence-corrected chi connectivity index (χ1v) is 4.75. The maximum absolute atomic E-state index is 10.5. The topological polar surface area (TPSA) is 92.5 Å². The van der Waals surface area contributed by atoms with Gasteiger partial charge in [0.1, 0.15) is 15.9 Å². The molecule has 0 radical (unpaired) electrons. The van der Waals surface area contributed by atoms with Crippen molar-refractivity contribution in [3.63, 3.8) is 0 Å².